The summed E-state index contributed by atoms with van der Waals surface area (Å²) in [5.74, 6) is 1.05. The SMILES string of the molecule is NC1=NC2(CCCCCO2)CCS1. The van der Waals surface area contributed by atoms with Crippen LogP contribution in [0, 0.1) is 0 Å². The molecule has 74 valence electrons. The molecule has 4 heteroatoms. The summed E-state index contributed by atoms with van der Waals surface area (Å²) in [4.78, 5) is 4.47. The molecule has 2 N–H and O–H groups in total. The van der Waals surface area contributed by atoms with Gasteiger partial charge in [0.25, 0.3) is 0 Å². The van der Waals surface area contributed by atoms with E-state index in [2.05, 4.69) is 4.99 Å². The number of hydrogen-bond donors (Lipinski definition) is 1. The Bertz CT molecular complexity index is 210. The Kier molecular flexibility index (Phi) is 2.79. The molecule has 13 heavy (non-hydrogen) atoms. The predicted octanol–water partition coefficient (Wildman–Crippen LogP) is 1.72. The van der Waals surface area contributed by atoms with Crippen molar-refractivity contribution in [3.63, 3.8) is 0 Å². The van der Waals surface area contributed by atoms with Crippen LogP contribution in [0.3, 0.4) is 0 Å². The van der Waals surface area contributed by atoms with Crippen LogP contribution in [0.4, 0.5) is 0 Å². The van der Waals surface area contributed by atoms with E-state index in [-0.39, 0.29) is 5.72 Å². The monoisotopic (exact) mass is 200 g/mol. The van der Waals surface area contributed by atoms with Gasteiger partial charge in [-0.2, -0.15) is 0 Å². The molecule has 1 spiro atoms. The number of aliphatic imine (C=N–C) groups is 1. The number of thioether (sulfide) groups is 1. The van der Waals surface area contributed by atoms with Gasteiger partial charge in [-0.3, -0.25) is 0 Å². The highest BCUT2D eigenvalue weighted by Crippen LogP contribution is 2.33. The van der Waals surface area contributed by atoms with Crippen LogP contribution < -0.4 is 5.73 Å². The van der Waals surface area contributed by atoms with Gasteiger partial charge in [0.05, 0.1) is 0 Å². The summed E-state index contributed by atoms with van der Waals surface area (Å²) in [5.41, 5.74) is 5.48. The summed E-state index contributed by atoms with van der Waals surface area (Å²) in [6.07, 6.45) is 5.74. The van der Waals surface area contributed by atoms with Gasteiger partial charge in [-0.25, -0.2) is 4.99 Å². The third-order valence-electron chi connectivity index (χ3n) is 2.64. The molecule has 1 atom stereocenters. The lowest BCUT2D eigenvalue weighted by Crippen LogP contribution is -2.36. The molecule has 2 aliphatic heterocycles. The molecule has 1 unspecified atom stereocenters. The van der Waals surface area contributed by atoms with Gasteiger partial charge in [0.1, 0.15) is 0 Å². The van der Waals surface area contributed by atoms with Crippen molar-refractivity contribution in [1.29, 1.82) is 0 Å². The van der Waals surface area contributed by atoms with Crippen molar-refractivity contribution >= 4 is 16.9 Å². The minimum atomic E-state index is -0.244. The molecule has 0 aromatic rings. The standard InChI is InChI=1S/C9H16N2OS/c10-8-11-9(5-7-13-8)4-2-1-3-6-12-9/h1-7H2,(H2,10,11). The molecule has 0 bridgehead atoms. The first-order chi connectivity index (χ1) is 6.31. The summed E-state index contributed by atoms with van der Waals surface area (Å²) in [6, 6.07) is 0. The number of nitrogens with two attached hydrogens (primary N) is 1. The second-order valence-corrected chi connectivity index (χ2v) is 4.77. The Balaban J connectivity index is 2.11. The van der Waals surface area contributed by atoms with Crippen LogP contribution in [0.15, 0.2) is 4.99 Å². The van der Waals surface area contributed by atoms with Gasteiger partial charge in [-0.05, 0) is 19.3 Å². The molecule has 1 saturated heterocycles. The van der Waals surface area contributed by atoms with Gasteiger partial charge in [0.15, 0.2) is 10.9 Å². The maximum Gasteiger partial charge on any atom is 0.162 e. The maximum absolute atomic E-state index is 5.82. The number of hydrogen-bond acceptors (Lipinski definition) is 4. The smallest absolute Gasteiger partial charge is 0.162 e. The number of nitrogens with zero attached hydrogens (tertiary/aromatic N) is 1. The van der Waals surface area contributed by atoms with E-state index in [0.717, 1.165) is 25.2 Å². The van der Waals surface area contributed by atoms with E-state index in [1.54, 1.807) is 11.8 Å². The van der Waals surface area contributed by atoms with Crippen LogP contribution in [0.5, 0.6) is 0 Å². The molecule has 2 aliphatic rings. The Morgan fingerprint density at radius 3 is 3.08 bits per heavy atom. The topological polar surface area (TPSA) is 47.6 Å². The fourth-order valence-electron chi connectivity index (χ4n) is 1.90. The van der Waals surface area contributed by atoms with Crippen molar-refractivity contribution in [2.75, 3.05) is 12.4 Å². The second-order valence-electron chi connectivity index (χ2n) is 3.65. The predicted molar refractivity (Wildman–Crippen MR) is 55.8 cm³/mol. The van der Waals surface area contributed by atoms with Crippen molar-refractivity contribution in [2.45, 2.75) is 37.8 Å². The minimum absolute atomic E-state index is 0.244. The fraction of sp³-hybridized carbons (Fsp3) is 0.889. The highest BCUT2D eigenvalue weighted by molar-refractivity contribution is 8.13. The summed E-state index contributed by atoms with van der Waals surface area (Å²) in [7, 11) is 0. The molecule has 2 rings (SSSR count). The molecule has 0 radical (unpaired) electrons. The molecular formula is C9H16N2OS. The summed E-state index contributed by atoms with van der Waals surface area (Å²) >= 11 is 1.64. The van der Waals surface area contributed by atoms with Crippen molar-refractivity contribution in [3.8, 4) is 0 Å². The molecule has 0 saturated carbocycles. The fourth-order valence-corrected chi connectivity index (χ4v) is 2.76. The van der Waals surface area contributed by atoms with Gasteiger partial charge >= 0.3 is 0 Å². The van der Waals surface area contributed by atoms with Crippen LogP contribution in [0.25, 0.3) is 0 Å². The highest BCUT2D eigenvalue weighted by atomic mass is 32.2. The average Bonchev–Trinajstić information content (AvgIpc) is 2.31. The van der Waals surface area contributed by atoms with E-state index in [0.29, 0.717) is 5.17 Å². The van der Waals surface area contributed by atoms with Gasteiger partial charge in [0.2, 0.25) is 0 Å². The summed E-state index contributed by atoms with van der Waals surface area (Å²) in [5, 5.41) is 0.702. The van der Waals surface area contributed by atoms with E-state index in [1.165, 1.54) is 19.3 Å². The molecule has 0 aliphatic carbocycles. The Hall–Kier alpha value is -0.220. The largest absolute Gasteiger partial charge is 0.378 e. The average molecular weight is 200 g/mol. The lowest BCUT2D eigenvalue weighted by molar-refractivity contribution is -0.0379. The zero-order valence-electron chi connectivity index (χ0n) is 7.79. The van der Waals surface area contributed by atoms with Crippen molar-refractivity contribution in [3.05, 3.63) is 0 Å². The van der Waals surface area contributed by atoms with Crippen LogP contribution in [-0.4, -0.2) is 23.3 Å². The normalized spacial score (nSPS) is 35.5. The first kappa shape index (κ1) is 9.34. The Morgan fingerprint density at radius 1 is 1.31 bits per heavy atom. The van der Waals surface area contributed by atoms with Crippen LogP contribution >= 0.6 is 11.8 Å². The molecule has 3 nitrogen and oxygen atoms in total. The third-order valence-corrected chi connectivity index (χ3v) is 3.43. The van der Waals surface area contributed by atoms with Crippen LogP contribution in [0.2, 0.25) is 0 Å². The number of amidine groups is 1. The van der Waals surface area contributed by atoms with Gasteiger partial charge in [0, 0.05) is 18.8 Å². The van der Waals surface area contributed by atoms with Crippen molar-refractivity contribution in [2.24, 2.45) is 10.7 Å². The molecule has 2 heterocycles. The molecule has 0 aromatic heterocycles. The summed E-state index contributed by atoms with van der Waals surface area (Å²) < 4.78 is 5.82. The third kappa shape index (κ3) is 2.17. The number of ether oxygens (including phenoxy) is 1. The molecule has 1 fully saturated rings. The van der Waals surface area contributed by atoms with E-state index < -0.39 is 0 Å². The van der Waals surface area contributed by atoms with Crippen LogP contribution in [0.1, 0.15) is 32.1 Å². The van der Waals surface area contributed by atoms with Gasteiger partial charge in [-0.15, -0.1) is 0 Å². The summed E-state index contributed by atoms with van der Waals surface area (Å²) in [6.45, 7) is 0.849. The van der Waals surface area contributed by atoms with Gasteiger partial charge < -0.3 is 10.5 Å². The second kappa shape index (κ2) is 3.88. The molecular weight excluding hydrogens is 184 g/mol. The Morgan fingerprint density at radius 2 is 2.23 bits per heavy atom. The highest BCUT2D eigenvalue weighted by Gasteiger charge is 2.33. The molecule has 0 amide bonds. The van der Waals surface area contributed by atoms with Crippen molar-refractivity contribution < 1.29 is 4.74 Å². The zero-order valence-corrected chi connectivity index (χ0v) is 8.61. The lowest BCUT2D eigenvalue weighted by Gasteiger charge is -2.31. The molecule has 0 aromatic carbocycles. The van der Waals surface area contributed by atoms with Crippen LogP contribution in [-0.2, 0) is 4.74 Å². The zero-order chi connectivity index (χ0) is 9.15. The van der Waals surface area contributed by atoms with E-state index in [4.69, 9.17) is 10.5 Å². The maximum atomic E-state index is 5.82. The minimum Gasteiger partial charge on any atom is -0.378 e. The van der Waals surface area contributed by atoms with E-state index in [1.807, 2.05) is 0 Å². The quantitative estimate of drug-likeness (QED) is 0.647. The number of rotatable bonds is 0. The first-order valence-electron chi connectivity index (χ1n) is 4.93. The first-order valence-corrected chi connectivity index (χ1v) is 5.91. The van der Waals surface area contributed by atoms with E-state index in [9.17, 15) is 0 Å². The Labute approximate surface area is 83.1 Å². The van der Waals surface area contributed by atoms with E-state index >= 15 is 0 Å². The van der Waals surface area contributed by atoms with Gasteiger partial charge in [-0.1, -0.05) is 18.2 Å². The van der Waals surface area contributed by atoms with Crippen molar-refractivity contribution in [1.82, 2.24) is 0 Å². The lowest BCUT2D eigenvalue weighted by atomic mass is 10.0.